The molecule has 0 amide bonds. The summed E-state index contributed by atoms with van der Waals surface area (Å²) in [6.45, 7) is 0. The van der Waals surface area contributed by atoms with Crippen molar-refractivity contribution < 1.29 is 0 Å². The molecule has 0 saturated heterocycles. The molecule has 0 aliphatic rings. The molecule has 2 aromatic heterocycles. The maximum atomic E-state index is 5.01. The third-order valence-electron chi connectivity index (χ3n) is 1.16. The predicted molar refractivity (Wildman–Crippen MR) is 42.6 cm³/mol. The summed E-state index contributed by atoms with van der Waals surface area (Å²) in [6.07, 6.45) is 1.60. The van der Waals surface area contributed by atoms with Crippen molar-refractivity contribution in [2.45, 2.75) is 0 Å². The molecule has 10 heavy (non-hydrogen) atoms. The third kappa shape index (κ3) is 0.748. The van der Waals surface area contributed by atoms with Crippen LogP contribution in [0.2, 0.25) is 0 Å². The van der Waals surface area contributed by atoms with Gasteiger partial charge in [-0.15, -0.1) is 11.3 Å². The van der Waals surface area contributed by atoms with E-state index in [-0.39, 0.29) is 0 Å². The van der Waals surface area contributed by atoms with Crippen LogP contribution in [0.1, 0.15) is 0 Å². The van der Waals surface area contributed by atoms with Gasteiger partial charge in [0, 0.05) is 0 Å². The fraction of sp³-hybridized carbons (Fsp3) is 0. The van der Waals surface area contributed by atoms with Crippen molar-refractivity contribution in [1.82, 2.24) is 15.0 Å². The van der Waals surface area contributed by atoms with Crippen molar-refractivity contribution in [2.24, 2.45) is 0 Å². The van der Waals surface area contributed by atoms with E-state index in [9.17, 15) is 0 Å². The molecule has 3 nitrogen and oxygen atoms in total. The summed E-state index contributed by atoms with van der Waals surface area (Å²) in [5, 5.41) is 0. The first-order chi connectivity index (χ1) is 4.88. The Morgan fingerprint density at radius 3 is 3.20 bits per heavy atom. The summed E-state index contributed by atoms with van der Waals surface area (Å²) >= 11 is 6.45. The Hall–Kier alpha value is -0.810. The number of imidazole rings is 1. The molecule has 0 aromatic carbocycles. The molecule has 0 fully saturated rings. The van der Waals surface area contributed by atoms with E-state index in [2.05, 4.69) is 15.0 Å². The topological polar surface area (TPSA) is 41.6 Å². The Labute approximate surface area is 65.8 Å². The minimum absolute atomic E-state index is 0.698. The smallest absolute Gasteiger partial charge is 0.180 e. The second-order valence-corrected chi connectivity index (χ2v) is 3.26. The number of nitrogens with one attached hydrogen (secondary N) is 1. The number of nitrogens with zero attached hydrogens (tertiary/aromatic N) is 2. The van der Waals surface area contributed by atoms with E-state index in [0.717, 1.165) is 9.34 Å². The van der Waals surface area contributed by atoms with Gasteiger partial charge in [0.25, 0.3) is 0 Å². The van der Waals surface area contributed by atoms with Gasteiger partial charge in [-0.1, -0.05) is 12.2 Å². The molecule has 0 bridgehead atoms. The third-order valence-corrected chi connectivity index (χ3v) is 2.28. The molecule has 2 aromatic rings. The maximum Gasteiger partial charge on any atom is 0.180 e. The highest BCUT2D eigenvalue weighted by Gasteiger charge is 1.95. The molecule has 0 aliphatic carbocycles. The summed E-state index contributed by atoms with van der Waals surface area (Å²) in [5.74, 6) is 0. The van der Waals surface area contributed by atoms with Crippen LogP contribution in [0.3, 0.4) is 0 Å². The number of hydrogen-bond acceptors (Lipinski definition) is 4. The number of aromatic nitrogens is 3. The average molecular weight is 169 g/mol. The Morgan fingerprint density at radius 2 is 2.40 bits per heavy atom. The predicted octanol–water partition coefficient (Wildman–Crippen LogP) is 1.75. The molecule has 1 N–H and O–H groups in total. The number of fused-ring (bicyclic) bond motifs is 1. The molecule has 0 atom stereocenters. The molecule has 50 valence electrons. The molecular formula is C5H3N3S2. The maximum absolute atomic E-state index is 5.01. The van der Waals surface area contributed by atoms with Gasteiger partial charge < -0.3 is 4.98 Å². The van der Waals surface area contributed by atoms with Crippen LogP contribution < -0.4 is 0 Å². The molecule has 2 rings (SSSR count). The highest BCUT2D eigenvalue weighted by Crippen LogP contribution is 2.10. The average Bonchev–Trinajstić information content (AvgIpc) is 2.36. The normalized spacial score (nSPS) is 10.4. The molecular weight excluding hydrogens is 166 g/mol. The van der Waals surface area contributed by atoms with Crippen molar-refractivity contribution in [2.75, 3.05) is 0 Å². The van der Waals surface area contributed by atoms with E-state index in [1.165, 1.54) is 11.3 Å². The second-order valence-electron chi connectivity index (χ2n) is 1.74. The van der Waals surface area contributed by atoms with E-state index >= 15 is 0 Å². The zero-order chi connectivity index (χ0) is 6.97. The van der Waals surface area contributed by atoms with Crippen LogP contribution in [0, 0.1) is 3.82 Å². The SMILES string of the molecule is S=c1scnc2nc[nH]c12. The first kappa shape index (κ1) is 5.94. The Kier molecular flexibility index (Phi) is 1.25. The fourth-order valence-electron chi connectivity index (χ4n) is 0.718. The summed E-state index contributed by atoms with van der Waals surface area (Å²) < 4.78 is 0.808. The van der Waals surface area contributed by atoms with Gasteiger partial charge in [-0.2, -0.15) is 0 Å². The first-order valence-electron chi connectivity index (χ1n) is 2.65. The lowest BCUT2D eigenvalue weighted by Gasteiger charge is -1.81. The molecule has 2 heterocycles. The quantitative estimate of drug-likeness (QED) is 0.611. The molecule has 5 heteroatoms. The summed E-state index contributed by atoms with van der Waals surface area (Å²) in [6, 6.07) is 0. The Balaban J connectivity index is 3.09. The van der Waals surface area contributed by atoms with Crippen LogP contribution in [0.4, 0.5) is 0 Å². The summed E-state index contributed by atoms with van der Waals surface area (Å²) in [7, 11) is 0. The number of H-pyrrole nitrogens is 1. The van der Waals surface area contributed by atoms with Crippen molar-refractivity contribution in [3.8, 4) is 0 Å². The van der Waals surface area contributed by atoms with Gasteiger partial charge in [0.15, 0.2) is 5.65 Å². The van der Waals surface area contributed by atoms with Crippen LogP contribution in [-0.2, 0) is 0 Å². The minimum atomic E-state index is 0.698. The van der Waals surface area contributed by atoms with Gasteiger partial charge in [-0.05, 0) is 0 Å². The number of aromatic amines is 1. The number of rotatable bonds is 0. The zero-order valence-corrected chi connectivity index (χ0v) is 6.50. The molecule has 0 radical (unpaired) electrons. The van der Waals surface area contributed by atoms with Gasteiger partial charge in [-0.3, -0.25) is 0 Å². The van der Waals surface area contributed by atoms with E-state index in [1.54, 1.807) is 11.8 Å². The molecule has 0 aliphatic heterocycles. The fourth-order valence-corrected chi connectivity index (χ4v) is 1.51. The monoisotopic (exact) mass is 169 g/mol. The van der Waals surface area contributed by atoms with Gasteiger partial charge in [0.1, 0.15) is 9.34 Å². The van der Waals surface area contributed by atoms with Crippen molar-refractivity contribution in [1.29, 1.82) is 0 Å². The van der Waals surface area contributed by atoms with E-state index < -0.39 is 0 Å². The number of hydrogen-bond donors (Lipinski definition) is 1. The molecule has 0 saturated carbocycles. The van der Waals surface area contributed by atoms with Crippen LogP contribution >= 0.6 is 23.6 Å². The Morgan fingerprint density at radius 1 is 1.50 bits per heavy atom. The standard InChI is InChI=1S/C5H3N3S2/c9-5-3-4(7-1-6-3)8-2-10-5/h1-2H,(H,6,7). The first-order valence-corrected chi connectivity index (χ1v) is 3.93. The van der Waals surface area contributed by atoms with Crippen LogP contribution in [0.5, 0.6) is 0 Å². The highest BCUT2D eigenvalue weighted by molar-refractivity contribution is 7.73. The van der Waals surface area contributed by atoms with Crippen LogP contribution in [-0.4, -0.2) is 15.0 Å². The van der Waals surface area contributed by atoms with Gasteiger partial charge >= 0.3 is 0 Å². The lowest BCUT2D eigenvalue weighted by Crippen LogP contribution is -1.71. The van der Waals surface area contributed by atoms with Gasteiger partial charge in [-0.25, -0.2) is 9.97 Å². The minimum Gasteiger partial charge on any atom is -0.341 e. The van der Waals surface area contributed by atoms with E-state index in [1.807, 2.05) is 0 Å². The molecule has 0 spiro atoms. The van der Waals surface area contributed by atoms with Crippen molar-refractivity contribution in [3.63, 3.8) is 0 Å². The lowest BCUT2D eigenvalue weighted by atomic mass is 10.6. The van der Waals surface area contributed by atoms with Crippen molar-refractivity contribution >= 4 is 34.7 Å². The summed E-state index contributed by atoms with van der Waals surface area (Å²) in [5.41, 5.74) is 3.26. The Bertz CT molecular complexity index is 402. The van der Waals surface area contributed by atoms with Crippen molar-refractivity contribution in [3.05, 3.63) is 15.7 Å². The van der Waals surface area contributed by atoms with Gasteiger partial charge in [0.05, 0.1) is 11.8 Å². The van der Waals surface area contributed by atoms with E-state index in [0.29, 0.717) is 5.65 Å². The van der Waals surface area contributed by atoms with E-state index in [4.69, 9.17) is 12.2 Å². The largest absolute Gasteiger partial charge is 0.341 e. The van der Waals surface area contributed by atoms with Gasteiger partial charge in [0.2, 0.25) is 0 Å². The molecule has 0 unspecified atom stereocenters. The highest BCUT2D eigenvalue weighted by atomic mass is 32.1. The van der Waals surface area contributed by atoms with Crippen LogP contribution in [0.25, 0.3) is 11.2 Å². The zero-order valence-electron chi connectivity index (χ0n) is 4.87. The lowest BCUT2D eigenvalue weighted by molar-refractivity contribution is 1.31. The van der Waals surface area contributed by atoms with Crippen LogP contribution in [0.15, 0.2) is 11.8 Å². The second kappa shape index (κ2) is 2.10. The summed E-state index contributed by atoms with van der Waals surface area (Å²) in [4.78, 5) is 10.9.